The van der Waals surface area contributed by atoms with Crippen molar-refractivity contribution in [2.75, 3.05) is 0 Å². The molecule has 0 atom stereocenters. The minimum atomic E-state index is 0.862. The fraction of sp³-hybridized carbons (Fsp3) is 0.103. The summed E-state index contributed by atoms with van der Waals surface area (Å²) in [5, 5.41) is 2.52. The molecule has 144 valence electrons. The lowest BCUT2D eigenvalue weighted by Gasteiger charge is -2.11. The highest BCUT2D eigenvalue weighted by atomic mass is 14.1. The van der Waals surface area contributed by atoms with Gasteiger partial charge in [-0.15, -0.1) is 6.58 Å². The van der Waals surface area contributed by atoms with Gasteiger partial charge in [0.1, 0.15) is 0 Å². The van der Waals surface area contributed by atoms with E-state index in [2.05, 4.69) is 124 Å². The molecule has 0 bridgehead atoms. The van der Waals surface area contributed by atoms with E-state index in [1.54, 1.807) is 0 Å². The van der Waals surface area contributed by atoms with Crippen LogP contribution in [0, 0.1) is 0 Å². The van der Waals surface area contributed by atoms with E-state index in [4.69, 9.17) is 0 Å². The molecule has 0 aliphatic heterocycles. The summed E-state index contributed by atoms with van der Waals surface area (Å²) in [6.45, 7) is 8.12. The van der Waals surface area contributed by atoms with Gasteiger partial charge in [0.2, 0.25) is 0 Å². The molecule has 0 radical (unpaired) electrons. The van der Waals surface area contributed by atoms with Crippen LogP contribution in [0.4, 0.5) is 0 Å². The number of fused-ring (bicyclic) bond motifs is 1. The lowest BCUT2D eigenvalue weighted by molar-refractivity contribution is 1.28. The van der Waals surface area contributed by atoms with Crippen LogP contribution in [0.3, 0.4) is 0 Å². The third-order valence-electron chi connectivity index (χ3n) is 4.92. The van der Waals surface area contributed by atoms with Gasteiger partial charge >= 0.3 is 0 Å². The summed E-state index contributed by atoms with van der Waals surface area (Å²) in [5.74, 6) is 0. The van der Waals surface area contributed by atoms with Gasteiger partial charge in [0.15, 0.2) is 0 Å². The topological polar surface area (TPSA) is 0 Å². The van der Waals surface area contributed by atoms with Crippen molar-refractivity contribution in [3.05, 3.63) is 138 Å². The molecule has 1 aliphatic rings. The van der Waals surface area contributed by atoms with E-state index in [-0.39, 0.29) is 0 Å². The highest BCUT2D eigenvalue weighted by Gasteiger charge is 2.07. The molecule has 0 heterocycles. The highest BCUT2D eigenvalue weighted by molar-refractivity contribution is 5.97. The Hall–Kier alpha value is -3.38. The van der Waals surface area contributed by atoms with Crippen LogP contribution in [-0.2, 0) is 6.42 Å². The van der Waals surface area contributed by atoms with E-state index >= 15 is 0 Å². The maximum atomic E-state index is 3.92. The number of hydrogen-bond acceptors (Lipinski definition) is 0. The summed E-state index contributed by atoms with van der Waals surface area (Å²) in [5.41, 5.74) is 6.16. The Morgan fingerprint density at radius 2 is 1.69 bits per heavy atom. The van der Waals surface area contributed by atoms with E-state index in [1.165, 1.54) is 38.6 Å². The van der Waals surface area contributed by atoms with Crippen molar-refractivity contribution in [2.45, 2.75) is 20.3 Å². The Balaban J connectivity index is 2.24. The van der Waals surface area contributed by atoms with Crippen LogP contribution in [0.2, 0.25) is 0 Å². The summed E-state index contributed by atoms with van der Waals surface area (Å²) in [6.07, 6.45) is 26.2. The van der Waals surface area contributed by atoms with Crippen molar-refractivity contribution in [3.63, 3.8) is 0 Å². The molecule has 0 unspecified atom stereocenters. The maximum Gasteiger partial charge on any atom is -0.00997 e. The molecule has 0 N–H and O–H groups in total. The number of benzene rings is 2. The van der Waals surface area contributed by atoms with Gasteiger partial charge in [-0.25, -0.2) is 0 Å². The van der Waals surface area contributed by atoms with Gasteiger partial charge in [-0.2, -0.15) is 0 Å². The molecule has 0 fully saturated rings. The molecule has 3 rings (SSSR count). The van der Waals surface area contributed by atoms with Crippen molar-refractivity contribution in [2.24, 2.45) is 0 Å². The average molecular weight is 377 g/mol. The molecule has 0 heteroatoms. The highest BCUT2D eigenvalue weighted by Crippen LogP contribution is 2.29. The van der Waals surface area contributed by atoms with Crippen molar-refractivity contribution in [3.8, 4) is 0 Å². The summed E-state index contributed by atoms with van der Waals surface area (Å²) in [4.78, 5) is 0. The molecule has 0 aromatic heterocycles. The van der Waals surface area contributed by atoms with E-state index in [0.29, 0.717) is 0 Å². The van der Waals surface area contributed by atoms with Gasteiger partial charge in [0, 0.05) is 0 Å². The number of allylic oxidation sites excluding steroid dienone is 15. The zero-order valence-electron chi connectivity index (χ0n) is 17.3. The first-order valence-corrected chi connectivity index (χ1v) is 10.1. The second-order valence-electron chi connectivity index (χ2n) is 7.08. The molecule has 0 saturated heterocycles. The predicted molar refractivity (Wildman–Crippen MR) is 130 cm³/mol. The molecule has 0 nitrogen and oxygen atoms in total. The third-order valence-corrected chi connectivity index (χ3v) is 4.92. The number of rotatable bonds is 4. The summed E-state index contributed by atoms with van der Waals surface area (Å²) >= 11 is 0. The van der Waals surface area contributed by atoms with Crippen molar-refractivity contribution < 1.29 is 0 Å². The summed E-state index contributed by atoms with van der Waals surface area (Å²) < 4.78 is 0. The second-order valence-corrected chi connectivity index (χ2v) is 7.08. The molecule has 0 amide bonds. The van der Waals surface area contributed by atoms with Crippen LogP contribution < -0.4 is 0 Å². The Morgan fingerprint density at radius 3 is 2.52 bits per heavy atom. The van der Waals surface area contributed by atoms with Crippen molar-refractivity contribution in [1.29, 1.82) is 0 Å². The minimum absolute atomic E-state index is 0.862. The zero-order valence-corrected chi connectivity index (χ0v) is 17.3. The lowest BCUT2D eigenvalue weighted by Crippen LogP contribution is -1.90. The maximum absolute atomic E-state index is 3.92. The van der Waals surface area contributed by atoms with E-state index in [1.807, 2.05) is 6.08 Å². The second kappa shape index (κ2) is 10.2. The Kier molecular flexibility index (Phi) is 7.19. The van der Waals surface area contributed by atoms with Gasteiger partial charge in [-0.05, 0) is 58.9 Å². The molecule has 29 heavy (non-hydrogen) atoms. The Bertz CT molecular complexity index is 1090. The van der Waals surface area contributed by atoms with Crippen LogP contribution in [-0.4, -0.2) is 0 Å². The smallest absolute Gasteiger partial charge is 0.00997 e. The molecule has 0 saturated carbocycles. The number of hydrogen-bond donors (Lipinski definition) is 0. The van der Waals surface area contributed by atoms with Crippen LogP contribution in [0.1, 0.15) is 25.0 Å². The Morgan fingerprint density at radius 1 is 0.897 bits per heavy atom. The first kappa shape index (κ1) is 20.4. The van der Waals surface area contributed by atoms with Crippen LogP contribution >= 0.6 is 0 Å². The molecular formula is C29H28. The predicted octanol–water partition coefficient (Wildman–Crippen LogP) is 8.08. The third kappa shape index (κ3) is 5.33. The van der Waals surface area contributed by atoms with Crippen molar-refractivity contribution >= 4 is 16.3 Å². The first-order chi connectivity index (χ1) is 14.2. The van der Waals surface area contributed by atoms with E-state index in [0.717, 1.165) is 6.42 Å². The van der Waals surface area contributed by atoms with Gasteiger partial charge in [-0.3, -0.25) is 0 Å². The largest absolute Gasteiger partial charge is 0.103 e. The van der Waals surface area contributed by atoms with Crippen molar-refractivity contribution in [1.82, 2.24) is 0 Å². The monoisotopic (exact) mass is 376 g/mol. The quantitative estimate of drug-likeness (QED) is 0.473. The minimum Gasteiger partial charge on any atom is -0.103 e. The molecule has 0 spiro atoms. The van der Waals surface area contributed by atoms with Gasteiger partial charge in [-0.1, -0.05) is 109 Å². The molecule has 1 aliphatic carbocycles. The zero-order chi connectivity index (χ0) is 20.5. The van der Waals surface area contributed by atoms with Crippen LogP contribution in [0.15, 0.2) is 127 Å². The van der Waals surface area contributed by atoms with Gasteiger partial charge in [0.25, 0.3) is 0 Å². The fourth-order valence-electron chi connectivity index (χ4n) is 3.46. The van der Waals surface area contributed by atoms with Gasteiger partial charge in [0.05, 0.1) is 0 Å². The summed E-state index contributed by atoms with van der Waals surface area (Å²) in [6, 6.07) is 13.2. The van der Waals surface area contributed by atoms with Gasteiger partial charge < -0.3 is 0 Å². The lowest BCUT2D eigenvalue weighted by atomic mass is 9.93. The fourth-order valence-corrected chi connectivity index (χ4v) is 3.46. The van der Waals surface area contributed by atoms with E-state index < -0.39 is 0 Å². The van der Waals surface area contributed by atoms with Crippen LogP contribution in [0.5, 0.6) is 0 Å². The summed E-state index contributed by atoms with van der Waals surface area (Å²) in [7, 11) is 0. The normalized spacial score (nSPS) is 23.6. The Labute approximate surface area is 175 Å². The first-order valence-electron chi connectivity index (χ1n) is 10.1. The molecule has 2 aromatic carbocycles. The van der Waals surface area contributed by atoms with E-state index in [9.17, 15) is 0 Å². The standard InChI is InChI=1S/C29H28/c1-4-13-24-21-27-17-11-12-18-28(27)29(22-24)26-16-10-8-6-7-9-15-23(3)25(14-5-2)19-20-26/h4-12,14-22H,1,13H2,2-3H3/b7-6?,8-6+,9-7+,10-8?,14-5-,15-9?,16-10-,20-19?,23-15-,25-19-,25-23?,26-16?,26-20+. The average Bonchev–Trinajstić information content (AvgIpc) is 2.73. The SMILES string of the molecule is C=CCc1cc(C2=C/C=C(/C=C\C)C(\C)=C/C=C/C=C/C=C\2)c2ccccc2c1. The van der Waals surface area contributed by atoms with Crippen LogP contribution in [0.25, 0.3) is 16.3 Å². The molecule has 2 aromatic rings. The molecular weight excluding hydrogens is 348 g/mol.